The maximum absolute atomic E-state index is 12.2. The highest BCUT2D eigenvalue weighted by Gasteiger charge is 2.19. The monoisotopic (exact) mass is 395 g/mol. The molecule has 28 heavy (non-hydrogen) atoms. The highest BCUT2D eigenvalue weighted by molar-refractivity contribution is 5.81. The van der Waals surface area contributed by atoms with Crippen LogP contribution in [-0.4, -0.2) is 89.4 Å². The summed E-state index contributed by atoms with van der Waals surface area (Å²) in [6.07, 6.45) is 0. The Bertz CT molecular complexity index is 651. The van der Waals surface area contributed by atoms with E-state index in [4.69, 9.17) is 18.9 Å². The summed E-state index contributed by atoms with van der Waals surface area (Å²) in [6, 6.07) is 3.57. The summed E-state index contributed by atoms with van der Waals surface area (Å²) in [5, 5.41) is 2.85. The molecule has 0 aromatic heterocycles. The van der Waals surface area contributed by atoms with Crippen LogP contribution in [0.25, 0.3) is 0 Å². The van der Waals surface area contributed by atoms with Gasteiger partial charge in [-0.1, -0.05) is 0 Å². The standard InChI is InChI=1S/C19H29N3O6/c1-21(13-18(24)22-5-7-28-8-6-22)12-17(23)20-11-14-9-15(25-2)19(27-4)16(10-14)26-3/h9-10H,5-8,11-13H2,1-4H3,(H,20,23). The van der Waals surface area contributed by atoms with Crippen LogP contribution in [0.4, 0.5) is 0 Å². The summed E-state index contributed by atoms with van der Waals surface area (Å²) >= 11 is 0. The van der Waals surface area contributed by atoms with Gasteiger partial charge in [-0.05, 0) is 24.7 Å². The van der Waals surface area contributed by atoms with E-state index < -0.39 is 0 Å². The van der Waals surface area contributed by atoms with Crippen LogP contribution in [-0.2, 0) is 20.9 Å². The van der Waals surface area contributed by atoms with Crippen molar-refractivity contribution in [1.82, 2.24) is 15.1 Å². The Hall–Kier alpha value is -2.52. The summed E-state index contributed by atoms with van der Waals surface area (Å²) < 4.78 is 21.2. The van der Waals surface area contributed by atoms with Gasteiger partial charge in [0.05, 0.1) is 47.6 Å². The van der Waals surface area contributed by atoms with Crippen LogP contribution in [0.15, 0.2) is 12.1 Å². The fourth-order valence-corrected chi connectivity index (χ4v) is 2.94. The molecular formula is C19H29N3O6. The number of hydrogen-bond donors (Lipinski definition) is 1. The number of rotatable bonds is 9. The van der Waals surface area contributed by atoms with Gasteiger partial charge in [0.1, 0.15) is 0 Å². The van der Waals surface area contributed by atoms with Crippen molar-refractivity contribution in [3.63, 3.8) is 0 Å². The van der Waals surface area contributed by atoms with Gasteiger partial charge < -0.3 is 29.2 Å². The van der Waals surface area contributed by atoms with Gasteiger partial charge in [-0.15, -0.1) is 0 Å². The molecule has 1 heterocycles. The predicted molar refractivity (Wildman–Crippen MR) is 103 cm³/mol. The highest BCUT2D eigenvalue weighted by Crippen LogP contribution is 2.38. The van der Waals surface area contributed by atoms with Crippen molar-refractivity contribution < 1.29 is 28.5 Å². The second-order valence-corrected chi connectivity index (χ2v) is 6.48. The highest BCUT2D eigenvalue weighted by atomic mass is 16.5. The fourth-order valence-electron chi connectivity index (χ4n) is 2.94. The summed E-state index contributed by atoms with van der Waals surface area (Å²) in [7, 11) is 6.37. The Labute approximate surface area is 165 Å². The van der Waals surface area contributed by atoms with Gasteiger partial charge in [0.2, 0.25) is 17.6 Å². The quantitative estimate of drug-likeness (QED) is 0.635. The number of ether oxygens (including phenoxy) is 4. The van der Waals surface area contributed by atoms with Crippen LogP contribution in [0.5, 0.6) is 17.2 Å². The van der Waals surface area contributed by atoms with E-state index >= 15 is 0 Å². The minimum Gasteiger partial charge on any atom is -0.493 e. The van der Waals surface area contributed by atoms with Crippen LogP contribution in [0.2, 0.25) is 0 Å². The first kappa shape index (κ1) is 21.8. The topological polar surface area (TPSA) is 89.6 Å². The molecule has 1 aromatic rings. The third kappa shape index (κ3) is 6.00. The molecule has 1 aromatic carbocycles. The number of methoxy groups -OCH3 is 3. The van der Waals surface area contributed by atoms with Gasteiger partial charge in [0.15, 0.2) is 11.5 Å². The van der Waals surface area contributed by atoms with Crippen molar-refractivity contribution >= 4 is 11.8 Å². The lowest BCUT2D eigenvalue weighted by Gasteiger charge is -2.28. The predicted octanol–water partition coefficient (Wildman–Crippen LogP) is 0.119. The molecule has 1 aliphatic heterocycles. The Morgan fingerprint density at radius 3 is 2.21 bits per heavy atom. The maximum atomic E-state index is 12.2. The molecule has 1 N–H and O–H groups in total. The Balaban J connectivity index is 1.85. The third-order valence-corrected chi connectivity index (χ3v) is 4.40. The minimum atomic E-state index is -0.175. The first-order valence-electron chi connectivity index (χ1n) is 9.08. The average Bonchev–Trinajstić information content (AvgIpc) is 2.71. The molecule has 0 spiro atoms. The smallest absolute Gasteiger partial charge is 0.236 e. The van der Waals surface area contributed by atoms with Crippen molar-refractivity contribution in [3.05, 3.63) is 17.7 Å². The van der Waals surface area contributed by atoms with Crippen molar-refractivity contribution in [1.29, 1.82) is 0 Å². The molecular weight excluding hydrogens is 366 g/mol. The maximum Gasteiger partial charge on any atom is 0.236 e. The lowest BCUT2D eigenvalue weighted by atomic mass is 10.1. The van der Waals surface area contributed by atoms with Crippen molar-refractivity contribution in [3.8, 4) is 17.2 Å². The molecule has 1 saturated heterocycles. The third-order valence-electron chi connectivity index (χ3n) is 4.40. The number of benzene rings is 1. The number of morpholine rings is 1. The second-order valence-electron chi connectivity index (χ2n) is 6.48. The van der Waals surface area contributed by atoms with Gasteiger partial charge >= 0.3 is 0 Å². The molecule has 9 heteroatoms. The number of likely N-dealkylation sites (N-methyl/N-ethyl adjacent to an activating group) is 1. The van der Waals surface area contributed by atoms with Gasteiger partial charge in [0, 0.05) is 19.6 Å². The summed E-state index contributed by atoms with van der Waals surface area (Å²) in [4.78, 5) is 27.9. The lowest BCUT2D eigenvalue weighted by molar-refractivity contribution is -0.136. The van der Waals surface area contributed by atoms with E-state index in [-0.39, 0.29) is 24.9 Å². The molecule has 2 amide bonds. The Morgan fingerprint density at radius 1 is 1.07 bits per heavy atom. The van der Waals surface area contributed by atoms with Crippen LogP contribution in [0.1, 0.15) is 5.56 Å². The number of hydrogen-bond acceptors (Lipinski definition) is 7. The van der Waals surface area contributed by atoms with Crippen LogP contribution in [0.3, 0.4) is 0 Å². The van der Waals surface area contributed by atoms with Gasteiger partial charge in [-0.2, -0.15) is 0 Å². The normalized spacial score (nSPS) is 14.0. The molecule has 0 atom stereocenters. The number of carbonyl (C=O) groups is 2. The summed E-state index contributed by atoms with van der Waals surface area (Å²) in [5.74, 6) is 1.38. The number of amides is 2. The Kier molecular flexibility index (Phi) is 8.34. The van der Waals surface area contributed by atoms with Crippen molar-refractivity contribution in [2.75, 3.05) is 67.8 Å². The van der Waals surface area contributed by atoms with Crippen LogP contribution in [0, 0.1) is 0 Å². The first-order valence-corrected chi connectivity index (χ1v) is 9.08. The van der Waals surface area contributed by atoms with E-state index in [9.17, 15) is 9.59 Å². The zero-order chi connectivity index (χ0) is 20.5. The zero-order valence-electron chi connectivity index (χ0n) is 16.9. The molecule has 0 radical (unpaired) electrons. The van der Waals surface area contributed by atoms with E-state index in [0.717, 1.165) is 5.56 Å². The van der Waals surface area contributed by atoms with Gasteiger partial charge in [0.25, 0.3) is 0 Å². The van der Waals surface area contributed by atoms with Crippen molar-refractivity contribution in [2.24, 2.45) is 0 Å². The molecule has 0 aliphatic carbocycles. The molecule has 0 unspecified atom stereocenters. The number of nitrogens with one attached hydrogen (secondary N) is 1. The lowest BCUT2D eigenvalue weighted by Crippen LogP contribution is -2.46. The summed E-state index contributed by atoms with van der Waals surface area (Å²) in [6.45, 7) is 2.94. The largest absolute Gasteiger partial charge is 0.493 e. The van der Waals surface area contributed by atoms with Crippen molar-refractivity contribution in [2.45, 2.75) is 6.54 Å². The molecule has 1 fully saturated rings. The molecule has 156 valence electrons. The number of nitrogens with zero attached hydrogens (tertiary/aromatic N) is 2. The number of carbonyl (C=O) groups excluding carboxylic acids is 2. The molecule has 1 aliphatic rings. The van der Waals surface area contributed by atoms with Crippen LogP contribution >= 0.6 is 0 Å². The van der Waals surface area contributed by atoms with E-state index in [0.29, 0.717) is 50.1 Å². The first-order chi connectivity index (χ1) is 13.5. The van der Waals surface area contributed by atoms with E-state index in [2.05, 4.69) is 5.32 Å². The molecule has 9 nitrogen and oxygen atoms in total. The van der Waals surface area contributed by atoms with Gasteiger partial charge in [-0.25, -0.2) is 0 Å². The molecule has 2 rings (SSSR count). The fraction of sp³-hybridized carbons (Fsp3) is 0.579. The Morgan fingerprint density at radius 2 is 1.68 bits per heavy atom. The summed E-state index contributed by atoms with van der Waals surface area (Å²) in [5.41, 5.74) is 0.815. The SMILES string of the molecule is COc1cc(CNC(=O)CN(C)CC(=O)N2CCOCC2)cc(OC)c1OC. The molecule has 0 bridgehead atoms. The van der Waals surface area contributed by atoms with E-state index in [1.807, 2.05) is 0 Å². The van der Waals surface area contributed by atoms with E-state index in [1.54, 1.807) is 43.2 Å². The second kappa shape index (κ2) is 10.7. The van der Waals surface area contributed by atoms with Crippen LogP contribution < -0.4 is 19.5 Å². The average molecular weight is 395 g/mol. The molecule has 0 saturated carbocycles. The van der Waals surface area contributed by atoms with Gasteiger partial charge in [-0.3, -0.25) is 14.5 Å². The minimum absolute atomic E-state index is 0.00299. The van der Waals surface area contributed by atoms with E-state index in [1.165, 1.54) is 7.11 Å². The zero-order valence-corrected chi connectivity index (χ0v) is 16.9.